The Morgan fingerprint density at radius 3 is 2.78 bits per heavy atom. The normalized spacial score (nSPS) is 35.1. The number of hydrogen-bond acceptors (Lipinski definition) is 3. The molecule has 1 aromatic carbocycles. The third-order valence-electron chi connectivity index (χ3n) is 9.09. The number of nitrogens with one attached hydrogen (secondary N) is 2. The van der Waals surface area contributed by atoms with Crippen LogP contribution in [0.5, 0.6) is 5.75 Å². The van der Waals surface area contributed by atoms with E-state index in [1.54, 1.807) is 0 Å². The van der Waals surface area contributed by atoms with Crippen molar-refractivity contribution in [2.24, 2.45) is 5.92 Å². The van der Waals surface area contributed by atoms with Gasteiger partial charge in [-0.1, -0.05) is 13.8 Å². The Morgan fingerprint density at radius 2 is 1.97 bits per heavy atom. The summed E-state index contributed by atoms with van der Waals surface area (Å²) in [5.74, 6) is 1.13. The number of ether oxygens (including phenoxy) is 1. The summed E-state index contributed by atoms with van der Waals surface area (Å²) in [5.41, 5.74) is 2.38. The van der Waals surface area contributed by atoms with Crippen molar-refractivity contribution in [3.05, 3.63) is 35.0 Å². The van der Waals surface area contributed by atoms with E-state index in [0.717, 1.165) is 47.0 Å². The summed E-state index contributed by atoms with van der Waals surface area (Å²) in [6, 6.07) is 4.16. The number of rotatable bonds is 0. The Morgan fingerprint density at radius 1 is 1.16 bits per heavy atom. The predicted octanol–water partition coefficient (Wildman–Crippen LogP) is 3.44. The highest BCUT2D eigenvalue weighted by molar-refractivity contribution is 6.06. The maximum absolute atomic E-state index is 13.9. The molecule has 6 nitrogen and oxygen atoms in total. The molecule has 8 rings (SSSR count). The SMILES string of the molecule is CC1(C)C=Cc2c(ccc3c4c([nH]c23)C(C)(C)[C@@H]2C[C@]35CCCN3C(=O)[C@@]2(C4)NC5=O)O1. The number of hydrogen-bond donors (Lipinski definition) is 2. The Labute approximate surface area is 187 Å². The van der Waals surface area contributed by atoms with Gasteiger partial charge in [-0.15, -0.1) is 0 Å². The maximum Gasteiger partial charge on any atom is 0.249 e. The van der Waals surface area contributed by atoms with Gasteiger partial charge in [-0.25, -0.2) is 0 Å². The van der Waals surface area contributed by atoms with E-state index in [-0.39, 0.29) is 28.7 Å². The van der Waals surface area contributed by atoms with Crippen molar-refractivity contribution in [1.82, 2.24) is 15.2 Å². The standard InChI is InChI=1S/C26H29N3O3/c1-23(2)10-8-15-17(32-23)7-6-14-16-12-26-18(24(3,4)20(16)27-19(14)15)13-25(21(30)28-26)9-5-11-29(25)22(26)31/h6-8,10,18,27H,5,9,11-13H2,1-4H3,(H,28,30)/t18-,25-,26-/m0/s1. The van der Waals surface area contributed by atoms with Crippen LogP contribution in [0.4, 0.5) is 0 Å². The van der Waals surface area contributed by atoms with Gasteiger partial charge in [-0.2, -0.15) is 0 Å². The smallest absolute Gasteiger partial charge is 0.249 e. The minimum atomic E-state index is -0.848. The van der Waals surface area contributed by atoms with Gasteiger partial charge in [0, 0.05) is 40.9 Å². The molecule has 2 N–H and O–H groups in total. The molecule has 4 saturated heterocycles. The summed E-state index contributed by atoms with van der Waals surface area (Å²) in [6.07, 6.45) is 7.22. The minimum absolute atomic E-state index is 0.0564. The van der Waals surface area contributed by atoms with Crippen molar-refractivity contribution in [3.63, 3.8) is 0 Å². The van der Waals surface area contributed by atoms with Gasteiger partial charge in [0.05, 0.1) is 5.52 Å². The minimum Gasteiger partial charge on any atom is -0.483 e. The lowest BCUT2D eigenvalue weighted by molar-refractivity contribution is -0.179. The van der Waals surface area contributed by atoms with Crippen LogP contribution in [0.1, 0.15) is 63.8 Å². The largest absolute Gasteiger partial charge is 0.483 e. The molecule has 2 bridgehead atoms. The third kappa shape index (κ3) is 1.90. The summed E-state index contributed by atoms with van der Waals surface area (Å²) in [6.45, 7) is 9.29. The van der Waals surface area contributed by atoms with Crippen LogP contribution in [0.15, 0.2) is 18.2 Å². The van der Waals surface area contributed by atoms with Gasteiger partial charge in [-0.05, 0) is 63.0 Å². The Kier molecular flexibility index (Phi) is 3.07. The van der Waals surface area contributed by atoms with Crippen LogP contribution in [-0.2, 0) is 21.4 Å². The first kappa shape index (κ1) is 18.8. The molecule has 2 aromatic rings. The second-order valence-corrected chi connectivity index (χ2v) is 11.6. The average molecular weight is 432 g/mol. The van der Waals surface area contributed by atoms with Gasteiger partial charge in [0.1, 0.15) is 22.4 Å². The number of aromatic nitrogens is 1. The third-order valence-corrected chi connectivity index (χ3v) is 9.09. The second-order valence-electron chi connectivity index (χ2n) is 11.6. The summed E-state index contributed by atoms with van der Waals surface area (Å²) in [5, 5.41) is 4.41. The van der Waals surface area contributed by atoms with Crippen LogP contribution >= 0.6 is 0 Å². The quantitative estimate of drug-likeness (QED) is 0.671. The zero-order valence-electron chi connectivity index (χ0n) is 19.1. The van der Waals surface area contributed by atoms with Crippen LogP contribution in [0.3, 0.4) is 0 Å². The highest BCUT2D eigenvalue weighted by Crippen LogP contribution is 2.59. The molecule has 2 amide bonds. The molecule has 4 fully saturated rings. The van der Waals surface area contributed by atoms with Crippen molar-refractivity contribution in [3.8, 4) is 5.75 Å². The Hall–Kier alpha value is -2.76. The van der Waals surface area contributed by atoms with Crippen LogP contribution in [0, 0.1) is 5.92 Å². The van der Waals surface area contributed by atoms with E-state index in [0.29, 0.717) is 13.0 Å². The molecule has 6 heteroatoms. The molecular weight excluding hydrogens is 402 g/mol. The fourth-order valence-corrected chi connectivity index (χ4v) is 7.56. The highest BCUT2D eigenvalue weighted by atomic mass is 16.5. The fourth-order valence-electron chi connectivity index (χ4n) is 7.56. The van der Waals surface area contributed by atoms with E-state index in [4.69, 9.17) is 4.74 Å². The Balaban J connectivity index is 1.46. The molecule has 0 saturated carbocycles. The molecule has 0 radical (unpaired) electrons. The number of aromatic amines is 1. The maximum atomic E-state index is 13.9. The molecule has 1 aliphatic carbocycles. The monoisotopic (exact) mass is 431 g/mol. The van der Waals surface area contributed by atoms with Crippen LogP contribution in [0.2, 0.25) is 0 Å². The lowest BCUT2D eigenvalue weighted by Gasteiger charge is -2.64. The number of amides is 2. The number of carbonyl (C=O) groups excluding carboxylic acids is 2. The molecule has 1 aromatic heterocycles. The molecule has 6 aliphatic rings. The van der Waals surface area contributed by atoms with Gasteiger partial charge < -0.3 is 19.9 Å². The number of piperidine rings is 2. The van der Waals surface area contributed by atoms with Crippen molar-refractivity contribution in [2.75, 3.05) is 6.54 Å². The number of fused-ring (bicyclic) bond motifs is 6. The van der Waals surface area contributed by atoms with Crippen molar-refractivity contribution < 1.29 is 14.3 Å². The first-order valence-electron chi connectivity index (χ1n) is 11.8. The van der Waals surface area contributed by atoms with Gasteiger partial charge in [0.25, 0.3) is 0 Å². The molecule has 2 spiro atoms. The van der Waals surface area contributed by atoms with E-state index in [1.165, 1.54) is 5.69 Å². The van der Waals surface area contributed by atoms with Crippen LogP contribution in [-0.4, -0.2) is 44.9 Å². The molecule has 32 heavy (non-hydrogen) atoms. The number of H-pyrrole nitrogens is 1. The number of piperazine rings is 1. The van der Waals surface area contributed by atoms with Crippen molar-refractivity contribution >= 4 is 28.8 Å². The zero-order chi connectivity index (χ0) is 22.3. The first-order chi connectivity index (χ1) is 15.1. The second kappa shape index (κ2) is 5.24. The molecule has 3 atom stereocenters. The summed E-state index contributed by atoms with van der Waals surface area (Å²) < 4.78 is 6.21. The van der Waals surface area contributed by atoms with Crippen LogP contribution < -0.4 is 10.1 Å². The molecular formula is C26H29N3O3. The molecule has 166 valence electrons. The number of nitrogens with zero attached hydrogens (tertiary/aromatic N) is 1. The van der Waals surface area contributed by atoms with Gasteiger partial charge in [0.2, 0.25) is 11.8 Å². The van der Waals surface area contributed by atoms with Gasteiger partial charge >= 0.3 is 0 Å². The van der Waals surface area contributed by atoms with E-state index in [9.17, 15) is 9.59 Å². The molecule has 0 unspecified atom stereocenters. The Bertz CT molecular complexity index is 1280. The van der Waals surface area contributed by atoms with Crippen molar-refractivity contribution in [1.29, 1.82) is 0 Å². The topological polar surface area (TPSA) is 74.4 Å². The lowest BCUT2D eigenvalue weighted by atomic mass is 9.51. The first-order valence-corrected chi connectivity index (χ1v) is 11.8. The van der Waals surface area contributed by atoms with Gasteiger partial charge in [0.15, 0.2) is 0 Å². The zero-order valence-corrected chi connectivity index (χ0v) is 19.1. The number of carbonyl (C=O) groups is 2. The lowest BCUT2D eigenvalue weighted by Crippen LogP contribution is -2.84. The fraction of sp³-hybridized carbons (Fsp3) is 0.538. The van der Waals surface area contributed by atoms with E-state index in [1.807, 2.05) is 11.0 Å². The average Bonchev–Trinajstić information content (AvgIpc) is 3.32. The number of benzene rings is 1. The predicted molar refractivity (Wildman–Crippen MR) is 121 cm³/mol. The van der Waals surface area contributed by atoms with E-state index >= 15 is 0 Å². The van der Waals surface area contributed by atoms with Crippen molar-refractivity contribution in [2.45, 2.75) is 75.5 Å². The summed E-state index contributed by atoms with van der Waals surface area (Å²) in [4.78, 5) is 32.9. The molecule has 5 aliphatic heterocycles. The molecule has 6 heterocycles. The van der Waals surface area contributed by atoms with Crippen LogP contribution in [0.25, 0.3) is 17.0 Å². The van der Waals surface area contributed by atoms with E-state index in [2.05, 4.69) is 56.2 Å². The van der Waals surface area contributed by atoms with E-state index < -0.39 is 11.1 Å². The van der Waals surface area contributed by atoms with Gasteiger partial charge in [-0.3, -0.25) is 9.59 Å². The summed E-state index contributed by atoms with van der Waals surface area (Å²) in [7, 11) is 0. The summed E-state index contributed by atoms with van der Waals surface area (Å²) >= 11 is 0. The highest BCUT2D eigenvalue weighted by Gasteiger charge is 2.72.